The molecule has 0 unspecified atom stereocenters. The zero-order valence-corrected chi connectivity index (χ0v) is 12.2. The van der Waals surface area contributed by atoms with Crippen molar-refractivity contribution >= 4 is 11.6 Å². The summed E-state index contributed by atoms with van der Waals surface area (Å²) in [5.74, 6) is 0.420. The van der Waals surface area contributed by atoms with Crippen LogP contribution >= 0.6 is 11.6 Å². The van der Waals surface area contributed by atoms with Crippen LogP contribution in [0.4, 0.5) is 0 Å². The molecule has 0 saturated carbocycles. The Labute approximate surface area is 122 Å². The van der Waals surface area contributed by atoms with Gasteiger partial charge in [-0.15, -0.1) is 0 Å². The van der Waals surface area contributed by atoms with Crippen molar-refractivity contribution in [3.63, 3.8) is 0 Å². The summed E-state index contributed by atoms with van der Waals surface area (Å²) in [5.41, 5.74) is 0.365. The van der Waals surface area contributed by atoms with Crippen LogP contribution in [-0.2, 0) is 0 Å². The summed E-state index contributed by atoms with van der Waals surface area (Å²) in [6.45, 7) is 4.05. The first-order valence-electron chi connectivity index (χ1n) is 6.65. The number of hydrogen-bond acceptors (Lipinski definition) is 3. The summed E-state index contributed by atoms with van der Waals surface area (Å²) < 4.78 is 0. The molecule has 0 bridgehead atoms. The van der Waals surface area contributed by atoms with Crippen LogP contribution in [0.3, 0.4) is 0 Å². The zero-order chi connectivity index (χ0) is 14.7. The molecule has 1 heterocycles. The molecule has 1 aromatic heterocycles. The van der Waals surface area contributed by atoms with Gasteiger partial charge in [0.2, 0.25) is 5.88 Å². The highest BCUT2D eigenvalue weighted by molar-refractivity contribution is 6.30. The second-order valence-corrected chi connectivity index (χ2v) is 5.11. The van der Waals surface area contributed by atoms with E-state index in [2.05, 4.69) is 9.97 Å². The molecular formula is C15H17ClN2O2. The lowest BCUT2D eigenvalue weighted by atomic mass is 10.0. The van der Waals surface area contributed by atoms with Crippen LogP contribution in [0, 0.1) is 0 Å². The van der Waals surface area contributed by atoms with Gasteiger partial charge >= 0.3 is 0 Å². The van der Waals surface area contributed by atoms with E-state index in [1.807, 2.05) is 13.8 Å². The Kier molecular flexibility index (Phi) is 4.45. The van der Waals surface area contributed by atoms with Gasteiger partial charge in [0.1, 0.15) is 11.4 Å². The normalized spacial score (nSPS) is 11.0. The van der Waals surface area contributed by atoms with Crippen LogP contribution in [0.5, 0.6) is 5.88 Å². The molecule has 4 nitrogen and oxygen atoms in total. The highest BCUT2D eigenvalue weighted by Gasteiger charge is 2.17. The topological polar surface area (TPSA) is 66.0 Å². The molecule has 0 atom stereocenters. The van der Waals surface area contributed by atoms with E-state index in [0.717, 1.165) is 12.8 Å². The van der Waals surface area contributed by atoms with Gasteiger partial charge in [-0.1, -0.05) is 37.6 Å². The third-order valence-corrected chi connectivity index (χ3v) is 3.64. The van der Waals surface area contributed by atoms with Crippen LogP contribution in [0.1, 0.15) is 38.4 Å². The second kappa shape index (κ2) is 6.09. The standard InChI is InChI=1S/C15H17ClN2O2/c1-3-9(4-2)13-17-14(19)12(15(20)18-13)10-6-5-7-11(16)8-10/h5-9H,3-4H2,1-2H3,(H2,17,18,19,20). The fraction of sp³-hybridized carbons (Fsp3) is 0.333. The SMILES string of the molecule is CCC(CC)c1nc(O)c(-c2cccc(Cl)c2)c(=O)[nH]1. The molecule has 2 rings (SSSR count). The fourth-order valence-corrected chi connectivity index (χ4v) is 2.44. The Morgan fingerprint density at radius 3 is 2.60 bits per heavy atom. The van der Waals surface area contributed by atoms with Gasteiger partial charge in [0.05, 0.1) is 0 Å². The number of rotatable bonds is 4. The zero-order valence-electron chi connectivity index (χ0n) is 11.5. The minimum absolute atomic E-state index is 0.141. The van der Waals surface area contributed by atoms with Crippen molar-refractivity contribution in [2.24, 2.45) is 0 Å². The molecule has 20 heavy (non-hydrogen) atoms. The number of nitrogens with zero attached hydrogens (tertiary/aromatic N) is 1. The van der Waals surface area contributed by atoms with E-state index in [9.17, 15) is 9.90 Å². The average molecular weight is 293 g/mol. The van der Waals surface area contributed by atoms with E-state index in [1.165, 1.54) is 0 Å². The molecule has 0 spiro atoms. The number of halogens is 1. The van der Waals surface area contributed by atoms with E-state index in [4.69, 9.17) is 11.6 Å². The third-order valence-electron chi connectivity index (χ3n) is 3.40. The van der Waals surface area contributed by atoms with E-state index < -0.39 is 0 Å². The summed E-state index contributed by atoms with van der Waals surface area (Å²) >= 11 is 5.91. The largest absolute Gasteiger partial charge is 0.493 e. The predicted octanol–water partition coefficient (Wildman–Crippen LogP) is 3.70. The first-order chi connectivity index (χ1) is 9.56. The maximum atomic E-state index is 12.2. The van der Waals surface area contributed by atoms with Gasteiger partial charge in [0.25, 0.3) is 5.56 Å². The number of nitrogens with one attached hydrogen (secondary N) is 1. The summed E-state index contributed by atoms with van der Waals surface area (Å²) in [6.07, 6.45) is 1.71. The molecule has 106 valence electrons. The van der Waals surface area contributed by atoms with E-state index in [-0.39, 0.29) is 22.9 Å². The molecule has 0 fully saturated rings. The maximum Gasteiger partial charge on any atom is 0.262 e. The quantitative estimate of drug-likeness (QED) is 0.903. The predicted molar refractivity (Wildman–Crippen MR) is 80.3 cm³/mol. The molecule has 0 aliphatic heterocycles. The van der Waals surface area contributed by atoms with Gasteiger partial charge in [-0.05, 0) is 30.5 Å². The minimum Gasteiger partial charge on any atom is -0.493 e. The Bertz CT molecular complexity index is 663. The van der Waals surface area contributed by atoms with Crippen molar-refractivity contribution < 1.29 is 5.11 Å². The summed E-state index contributed by atoms with van der Waals surface area (Å²) in [5, 5.41) is 10.6. The molecule has 1 aromatic carbocycles. The van der Waals surface area contributed by atoms with Crippen molar-refractivity contribution in [3.05, 3.63) is 45.5 Å². The molecule has 0 aliphatic carbocycles. The van der Waals surface area contributed by atoms with Crippen LogP contribution in [-0.4, -0.2) is 15.1 Å². The Balaban J connectivity index is 2.55. The van der Waals surface area contributed by atoms with Gasteiger partial charge in [0, 0.05) is 10.9 Å². The lowest BCUT2D eigenvalue weighted by molar-refractivity contribution is 0.444. The smallest absolute Gasteiger partial charge is 0.262 e. The molecule has 0 amide bonds. The molecule has 0 aliphatic rings. The minimum atomic E-state index is -0.346. The van der Waals surface area contributed by atoms with Crippen molar-refractivity contribution in [2.45, 2.75) is 32.6 Å². The summed E-state index contributed by atoms with van der Waals surface area (Å²) in [7, 11) is 0. The number of benzene rings is 1. The van der Waals surface area contributed by atoms with Gasteiger partial charge in [-0.3, -0.25) is 4.79 Å². The van der Waals surface area contributed by atoms with Crippen LogP contribution in [0.15, 0.2) is 29.1 Å². The van der Waals surface area contributed by atoms with Crippen molar-refractivity contribution in [1.82, 2.24) is 9.97 Å². The van der Waals surface area contributed by atoms with Crippen molar-refractivity contribution in [3.8, 4) is 17.0 Å². The molecule has 0 radical (unpaired) electrons. The van der Waals surface area contributed by atoms with Crippen LogP contribution < -0.4 is 5.56 Å². The molecule has 2 aromatic rings. The Morgan fingerprint density at radius 2 is 2.05 bits per heavy atom. The Morgan fingerprint density at radius 1 is 1.35 bits per heavy atom. The van der Waals surface area contributed by atoms with E-state index in [0.29, 0.717) is 16.4 Å². The van der Waals surface area contributed by atoms with Crippen molar-refractivity contribution in [1.29, 1.82) is 0 Å². The highest BCUT2D eigenvalue weighted by Crippen LogP contribution is 2.27. The van der Waals surface area contributed by atoms with Crippen molar-refractivity contribution in [2.75, 3.05) is 0 Å². The monoisotopic (exact) mass is 292 g/mol. The fourth-order valence-electron chi connectivity index (χ4n) is 2.25. The number of aromatic hydroxyl groups is 1. The van der Waals surface area contributed by atoms with Gasteiger partial charge in [-0.2, -0.15) is 4.98 Å². The first-order valence-corrected chi connectivity index (χ1v) is 7.03. The number of H-pyrrole nitrogens is 1. The molecule has 2 N–H and O–H groups in total. The van der Waals surface area contributed by atoms with Gasteiger partial charge in [-0.25, -0.2) is 0 Å². The second-order valence-electron chi connectivity index (χ2n) is 4.67. The van der Waals surface area contributed by atoms with E-state index in [1.54, 1.807) is 24.3 Å². The number of aromatic nitrogens is 2. The summed E-state index contributed by atoms with van der Waals surface area (Å²) in [4.78, 5) is 19.1. The Hall–Kier alpha value is -1.81. The lowest BCUT2D eigenvalue weighted by Gasteiger charge is -2.13. The first kappa shape index (κ1) is 14.6. The number of aromatic amines is 1. The molecule has 0 saturated heterocycles. The summed E-state index contributed by atoms with van der Waals surface area (Å²) in [6, 6.07) is 6.78. The maximum absolute atomic E-state index is 12.2. The van der Waals surface area contributed by atoms with Crippen LogP contribution in [0.2, 0.25) is 5.02 Å². The molecule has 5 heteroatoms. The van der Waals surface area contributed by atoms with E-state index >= 15 is 0 Å². The highest BCUT2D eigenvalue weighted by atomic mass is 35.5. The lowest BCUT2D eigenvalue weighted by Crippen LogP contribution is -2.16. The van der Waals surface area contributed by atoms with Crippen LogP contribution in [0.25, 0.3) is 11.1 Å². The average Bonchev–Trinajstić information content (AvgIpc) is 2.39. The molecular weight excluding hydrogens is 276 g/mol. The number of hydrogen-bond donors (Lipinski definition) is 2. The third kappa shape index (κ3) is 2.85. The van der Waals surface area contributed by atoms with Gasteiger partial charge < -0.3 is 10.1 Å². The van der Waals surface area contributed by atoms with Gasteiger partial charge in [0.15, 0.2) is 0 Å².